The number of nitrogens with zero attached hydrogens (tertiary/aromatic N) is 1. The lowest BCUT2D eigenvalue weighted by atomic mass is 9.89. The number of nitrogens with one attached hydrogen (secondary N) is 1. The smallest absolute Gasteiger partial charge is 0.310 e. The van der Waals surface area contributed by atoms with E-state index in [9.17, 15) is 4.79 Å². The second-order valence-corrected chi connectivity index (χ2v) is 7.85. The number of hydrogen-bond donors (Lipinski definition) is 1. The molecule has 0 aromatic carbocycles. The highest BCUT2D eigenvalue weighted by molar-refractivity contribution is 5.73. The molecule has 2 fully saturated rings. The van der Waals surface area contributed by atoms with Crippen molar-refractivity contribution in [3.63, 3.8) is 0 Å². The van der Waals surface area contributed by atoms with E-state index in [4.69, 9.17) is 4.74 Å². The Morgan fingerprint density at radius 1 is 1.14 bits per heavy atom. The maximum Gasteiger partial charge on any atom is 0.310 e. The minimum atomic E-state index is -0.393. The molecule has 0 aromatic heterocycles. The summed E-state index contributed by atoms with van der Waals surface area (Å²) in [6, 6.07) is 1.71. The van der Waals surface area contributed by atoms with Crippen LogP contribution in [0.15, 0.2) is 0 Å². The van der Waals surface area contributed by atoms with Crippen molar-refractivity contribution in [1.82, 2.24) is 10.2 Å². The van der Waals surface area contributed by atoms with Gasteiger partial charge in [0.1, 0.15) is 5.60 Å². The molecule has 21 heavy (non-hydrogen) atoms. The van der Waals surface area contributed by atoms with Gasteiger partial charge in [0, 0.05) is 31.2 Å². The molecule has 2 aliphatic heterocycles. The first-order valence-corrected chi connectivity index (χ1v) is 8.49. The molecule has 4 atom stereocenters. The van der Waals surface area contributed by atoms with Gasteiger partial charge in [-0.15, -0.1) is 0 Å². The van der Waals surface area contributed by atoms with Gasteiger partial charge in [0.2, 0.25) is 0 Å². The first kappa shape index (κ1) is 16.8. The molecule has 122 valence electrons. The van der Waals surface area contributed by atoms with Crippen LogP contribution in [0.2, 0.25) is 0 Å². The summed E-state index contributed by atoms with van der Waals surface area (Å²) in [7, 11) is 0. The fourth-order valence-electron chi connectivity index (χ4n) is 3.87. The highest BCUT2D eigenvalue weighted by atomic mass is 16.6. The third-order valence-electron chi connectivity index (χ3n) is 4.75. The SMILES string of the molecule is CC1CCCC(C)N1C1CNCC(C(=O)OC(C)(C)C)C1. The zero-order chi connectivity index (χ0) is 15.6. The van der Waals surface area contributed by atoms with Crippen molar-refractivity contribution >= 4 is 5.97 Å². The van der Waals surface area contributed by atoms with E-state index in [-0.39, 0.29) is 11.9 Å². The third-order valence-corrected chi connectivity index (χ3v) is 4.75. The van der Waals surface area contributed by atoms with Gasteiger partial charge < -0.3 is 10.1 Å². The Balaban J connectivity index is 1.98. The summed E-state index contributed by atoms with van der Waals surface area (Å²) in [5.74, 6) is -0.0543. The predicted molar refractivity (Wildman–Crippen MR) is 85.2 cm³/mol. The first-order chi connectivity index (χ1) is 9.78. The van der Waals surface area contributed by atoms with Gasteiger partial charge in [0.25, 0.3) is 0 Å². The fraction of sp³-hybridized carbons (Fsp3) is 0.941. The van der Waals surface area contributed by atoms with Crippen LogP contribution < -0.4 is 5.32 Å². The number of carbonyl (C=O) groups excluding carboxylic acids is 1. The maximum absolute atomic E-state index is 12.3. The molecule has 4 unspecified atom stereocenters. The van der Waals surface area contributed by atoms with E-state index in [2.05, 4.69) is 24.1 Å². The van der Waals surface area contributed by atoms with Crippen LogP contribution in [0.4, 0.5) is 0 Å². The molecule has 2 rings (SSSR count). The highest BCUT2D eigenvalue weighted by Crippen LogP contribution is 2.29. The maximum atomic E-state index is 12.3. The Bertz CT molecular complexity index is 354. The lowest BCUT2D eigenvalue weighted by Crippen LogP contribution is -2.57. The average molecular weight is 296 g/mol. The first-order valence-electron chi connectivity index (χ1n) is 8.49. The van der Waals surface area contributed by atoms with E-state index in [1.165, 1.54) is 19.3 Å². The topological polar surface area (TPSA) is 41.6 Å². The number of hydrogen-bond acceptors (Lipinski definition) is 4. The Morgan fingerprint density at radius 2 is 1.76 bits per heavy atom. The average Bonchev–Trinajstić information content (AvgIpc) is 2.37. The summed E-state index contributed by atoms with van der Waals surface area (Å²) in [6.45, 7) is 12.2. The fourth-order valence-corrected chi connectivity index (χ4v) is 3.87. The van der Waals surface area contributed by atoms with Crippen LogP contribution in [0.1, 0.15) is 60.3 Å². The van der Waals surface area contributed by atoms with Gasteiger partial charge in [-0.25, -0.2) is 0 Å². The van der Waals surface area contributed by atoms with Crippen LogP contribution in [0.3, 0.4) is 0 Å². The van der Waals surface area contributed by atoms with Crippen LogP contribution in [-0.2, 0) is 9.53 Å². The summed E-state index contributed by atoms with van der Waals surface area (Å²) >= 11 is 0. The van der Waals surface area contributed by atoms with Crippen LogP contribution >= 0.6 is 0 Å². The molecule has 2 aliphatic rings. The molecule has 0 saturated carbocycles. The van der Waals surface area contributed by atoms with Gasteiger partial charge in [0.05, 0.1) is 5.92 Å². The van der Waals surface area contributed by atoms with E-state index in [0.717, 1.165) is 19.5 Å². The second kappa shape index (κ2) is 6.66. The van der Waals surface area contributed by atoms with Crippen molar-refractivity contribution < 1.29 is 9.53 Å². The molecular formula is C17H32N2O2. The molecule has 4 heteroatoms. The summed E-state index contributed by atoms with van der Waals surface area (Å²) in [4.78, 5) is 15.0. The summed E-state index contributed by atoms with van der Waals surface area (Å²) in [5.41, 5.74) is -0.393. The Kier molecular flexibility index (Phi) is 5.31. The van der Waals surface area contributed by atoms with Crippen molar-refractivity contribution in [3.8, 4) is 0 Å². The van der Waals surface area contributed by atoms with Gasteiger partial charge in [-0.2, -0.15) is 0 Å². The highest BCUT2D eigenvalue weighted by Gasteiger charge is 2.37. The van der Waals surface area contributed by atoms with Crippen molar-refractivity contribution in [3.05, 3.63) is 0 Å². The van der Waals surface area contributed by atoms with E-state index in [1.54, 1.807) is 0 Å². The van der Waals surface area contributed by atoms with E-state index >= 15 is 0 Å². The molecule has 2 saturated heterocycles. The molecule has 0 spiro atoms. The van der Waals surface area contributed by atoms with Crippen molar-refractivity contribution in [1.29, 1.82) is 0 Å². The molecule has 0 bridgehead atoms. The second-order valence-electron chi connectivity index (χ2n) is 7.85. The largest absolute Gasteiger partial charge is 0.460 e. The van der Waals surface area contributed by atoms with Crippen LogP contribution in [0, 0.1) is 5.92 Å². The third kappa shape index (κ3) is 4.43. The zero-order valence-corrected chi connectivity index (χ0v) is 14.3. The lowest BCUT2D eigenvalue weighted by Gasteiger charge is -2.46. The number of piperidine rings is 2. The summed E-state index contributed by atoms with van der Waals surface area (Å²) in [6.07, 6.45) is 4.81. The number of likely N-dealkylation sites (tertiary alicyclic amines) is 1. The van der Waals surface area contributed by atoms with Gasteiger partial charge in [-0.05, 0) is 53.9 Å². The Morgan fingerprint density at radius 3 is 2.33 bits per heavy atom. The number of rotatable bonds is 2. The van der Waals surface area contributed by atoms with Crippen LogP contribution in [-0.4, -0.2) is 47.7 Å². The van der Waals surface area contributed by atoms with Crippen molar-refractivity contribution in [2.75, 3.05) is 13.1 Å². The normalized spacial score (nSPS) is 35.5. The number of carbonyl (C=O) groups is 1. The Labute approximate surface area is 129 Å². The molecule has 1 N–H and O–H groups in total. The van der Waals surface area contributed by atoms with Crippen molar-refractivity contribution in [2.45, 2.75) is 84.0 Å². The van der Waals surface area contributed by atoms with Gasteiger partial charge in [-0.3, -0.25) is 9.69 Å². The molecule has 4 nitrogen and oxygen atoms in total. The molecule has 0 aromatic rings. The molecule has 0 radical (unpaired) electrons. The zero-order valence-electron chi connectivity index (χ0n) is 14.3. The molecule has 0 amide bonds. The monoisotopic (exact) mass is 296 g/mol. The van der Waals surface area contributed by atoms with E-state index in [0.29, 0.717) is 18.1 Å². The quantitative estimate of drug-likeness (QED) is 0.795. The number of esters is 1. The van der Waals surface area contributed by atoms with Crippen LogP contribution in [0.5, 0.6) is 0 Å². The molecular weight excluding hydrogens is 264 g/mol. The molecule has 0 aliphatic carbocycles. The number of ether oxygens (including phenoxy) is 1. The van der Waals surface area contributed by atoms with Gasteiger partial charge in [-0.1, -0.05) is 6.42 Å². The van der Waals surface area contributed by atoms with Crippen LogP contribution in [0.25, 0.3) is 0 Å². The van der Waals surface area contributed by atoms with Gasteiger partial charge in [0.15, 0.2) is 0 Å². The molecule has 2 heterocycles. The summed E-state index contributed by atoms with van der Waals surface area (Å²) < 4.78 is 5.57. The van der Waals surface area contributed by atoms with Gasteiger partial charge >= 0.3 is 5.97 Å². The summed E-state index contributed by atoms with van der Waals surface area (Å²) in [5, 5.41) is 3.45. The standard InChI is InChI=1S/C17H32N2O2/c1-12-7-6-8-13(2)19(12)15-9-14(10-18-11-15)16(20)21-17(3,4)5/h12-15,18H,6-11H2,1-5H3. The lowest BCUT2D eigenvalue weighted by molar-refractivity contribution is -0.161. The van der Waals surface area contributed by atoms with E-state index < -0.39 is 5.60 Å². The van der Waals surface area contributed by atoms with E-state index in [1.807, 2.05) is 20.8 Å². The Hall–Kier alpha value is -0.610. The van der Waals surface area contributed by atoms with Crippen molar-refractivity contribution in [2.24, 2.45) is 5.92 Å². The minimum Gasteiger partial charge on any atom is -0.460 e. The predicted octanol–water partition coefficient (Wildman–Crippen LogP) is 2.57. The minimum absolute atomic E-state index is 0.00991.